The van der Waals surface area contributed by atoms with Gasteiger partial charge in [0.1, 0.15) is 11.6 Å². The monoisotopic (exact) mass is 425 g/mol. The Balaban J connectivity index is 2.04. The molecule has 28 heavy (non-hydrogen) atoms. The van der Waals surface area contributed by atoms with Crippen LogP contribution in [0.3, 0.4) is 0 Å². The first-order valence-corrected chi connectivity index (χ1v) is 12.0. The second-order valence-corrected chi connectivity index (χ2v) is 9.98. The third-order valence-corrected chi connectivity index (χ3v) is 6.17. The van der Waals surface area contributed by atoms with Crippen LogP contribution in [0, 0.1) is 0 Å². The Morgan fingerprint density at radius 3 is 2.46 bits per heavy atom. The molecule has 0 aliphatic heterocycles. The number of hydrogen-bond acceptors (Lipinski definition) is 5. The van der Waals surface area contributed by atoms with Crippen LogP contribution in [-0.2, 0) is 21.4 Å². The van der Waals surface area contributed by atoms with Gasteiger partial charge in [-0.1, -0.05) is 12.1 Å². The molecule has 2 N–H and O–H groups in total. The number of sulfonamides is 1. The Labute approximate surface area is 171 Å². The van der Waals surface area contributed by atoms with Crippen molar-refractivity contribution in [3.8, 4) is 11.3 Å². The highest BCUT2D eigenvalue weighted by Crippen LogP contribution is 2.25. The lowest BCUT2D eigenvalue weighted by molar-refractivity contribution is -0.885. The fourth-order valence-electron chi connectivity index (χ4n) is 2.90. The van der Waals surface area contributed by atoms with E-state index in [4.69, 9.17) is 0 Å². The topological polar surface area (TPSA) is 83.8 Å². The number of carbonyl (C=O) groups is 1. The van der Waals surface area contributed by atoms with Crippen LogP contribution in [0.5, 0.6) is 0 Å². The summed E-state index contributed by atoms with van der Waals surface area (Å²) in [6.07, 6.45) is 1.21. The maximum atomic E-state index is 11.9. The van der Waals surface area contributed by atoms with Gasteiger partial charge in [0.05, 0.1) is 24.7 Å². The summed E-state index contributed by atoms with van der Waals surface area (Å²) in [5, 5.41) is 5.84. The molecule has 0 saturated heterocycles. The number of likely N-dealkylation sites (N-methyl/N-ethyl adjacent to an activating group) is 1. The summed E-state index contributed by atoms with van der Waals surface area (Å²) in [5.41, 5.74) is 2.43. The molecule has 1 unspecified atom stereocenters. The van der Waals surface area contributed by atoms with Crippen molar-refractivity contribution in [2.45, 2.75) is 33.4 Å². The van der Waals surface area contributed by atoms with Crippen molar-refractivity contribution in [2.24, 2.45) is 0 Å². The number of amides is 1. The standard InChI is InChI=1S/C19H28N4O3S2/c1-6-23(28(5,25)26)16-9-7-15(8-10-16)17-13-27-19(21-17)12-22(4)11-18(24)20-14(2)3/h7-10,13-14H,6,11-12H2,1-5H3,(H,20,24)/p+1. The molecular formula is C19H29N4O3S2+. The van der Waals surface area contributed by atoms with Gasteiger partial charge in [0.15, 0.2) is 6.54 Å². The number of benzene rings is 1. The van der Waals surface area contributed by atoms with Gasteiger partial charge in [-0.15, -0.1) is 11.3 Å². The van der Waals surface area contributed by atoms with E-state index in [0.717, 1.165) is 21.2 Å². The van der Waals surface area contributed by atoms with Gasteiger partial charge >= 0.3 is 0 Å². The largest absolute Gasteiger partial charge is 0.349 e. The summed E-state index contributed by atoms with van der Waals surface area (Å²) in [4.78, 5) is 17.6. The smallest absolute Gasteiger partial charge is 0.275 e. The van der Waals surface area contributed by atoms with Crippen molar-refractivity contribution >= 4 is 33.0 Å². The van der Waals surface area contributed by atoms with Gasteiger partial charge in [-0.25, -0.2) is 13.4 Å². The fourth-order valence-corrected chi connectivity index (χ4v) is 4.79. The lowest BCUT2D eigenvalue weighted by Crippen LogP contribution is -3.09. The van der Waals surface area contributed by atoms with E-state index in [-0.39, 0.29) is 11.9 Å². The van der Waals surface area contributed by atoms with E-state index in [0.29, 0.717) is 25.3 Å². The predicted octanol–water partition coefficient (Wildman–Crippen LogP) is 1.14. The van der Waals surface area contributed by atoms with Gasteiger partial charge in [-0.3, -0.25) is 9.10 Å². The van der Waals surface area contributed by atoms with E-state index in [1.807, 2.05) is 45.3 Å². The Bertz CT molecular complexity index is 892. The van der Waals surface area contributed by atoms with Crippen LogP contribution in [0.25, 0.3) is 11.3 Å². The molecule has 0 bridgehead atoms. The molecule has 0 spiro atoms. The molecule has 2 rings (SSSR count). The number of anilines is 1. The molecule has 0 aliphatic rings. The molecular weight excluding hydrogens is 396 g/mol. The third-order valence-electron chi connectivity index (χ3n) is 4.06. The number of rotatable bonds is 9. The number of hydrogen-bond donors (Lipinski definition) is 2. The van der Waals surface area contributed by atoms with Crippen LogP contribution < -0.4 is 14.5 Å². The SMILES string of the molecule is CCN(c1ccc(-c2csc(C[NH+](C)CC(=O)NC(C)C)n2)cc1)S(C)(=O)=O. The lowest BCUT2D eigenvalue weighted by atomic mass is 10.1. The molecule has 1 amide bonds. The molecule has 1 aromatic carbocycles. The van der Waals surface area contributed by atoms with Crippen molar-refractivity contribution in [1.82, 2.24) is 10.3 Å². The summed E-state index contributed by atoms with van der Waals surface area (Å²) in [7, 11) is -1.32. The van der Waals surface area contributed by atoms with Crippen molar-refractivity contribution in [3.63, 3.8) is 0 Å². The van der Waals surface area contributed by atoms with E-state index in [2.05, 4.69) is 10.3 Å². The average Bonchev–Trinajstić information content (AvgIpc) is 3.02. The van der Waals surface area contributed by atoms with Crippen molar-refractivity contribution < 1.29 is 18.1 Å². The number of carbonyl (C=O) groups excluding carboxylic acids is 1. The summed E-state index contributed by atoms with van der Waals surface area (Å²) in [5.74, 6) is 0.0335. The van der Waals surface area contributed by atoms with E-state index < -0.39 is 10.0 Å². The van der Waals surface area contributed by atoms with Crippen molar-refractivity contribution in [3.05, 3.63) is 34.7 Å². The Kier molecular flexibility index (Phi) is 7.56. The van der Waals surface area contributed by atoms with Crippen LogP contribution in [0.4, 0.5) is 5.69 Å². The highest BCUT2D eigenvalue weighted by atomic mass is 32.2. The molecule has 7 nitrogen and oxygen atoms in total. The predicted molar refractivity (Wildman–Crippen MR) is 114 cm³/mol. The van der Waals surface area contributed by atoms with E-state index in [9.17, 15) is 13.2 Å². The molecule has 1 atom stereocenters. The Morgan fingerprint density at radius 2 is 1.93 bits per heavy atom. The second kappa shape index (κ2) is 9.49. The van der Waals surface area contributed by atoms with Gasteiger partial charge in [0.2, 0.25) is 10.0 Å². The van der Waals surface area contributed by atoms with E-state index in [1.165, 1.54) is 10.6 Å². The highest BCUT2D eigenvalue weighted by molar-refractivity contribution is 7.92. The van der Waals surface area contributed by atoms with Crippen LogP contribution in [0.1, 0.15) is 25.8 Å². The van der Waals surface area contributed by atoms with E-state index in [1.54, 1.807) is 23.5 Å². The number of thiazole rings is 1. The zero-order chi connectivity index (χ0) is 20.9. The van der Waals surface area contributed by atoms with Crippen LogP contribution in [-0.4, -0.2) is 51.7 Å². The Hall–Kier alpha value is -1.97. The van der Waals surface area contributed by atoms with Crippen LogP contribution in [0.15, 0.2) is 29.6 Å². The summed E-state index contributed by atoms with van der Waals surface area (Å²) in [6, 6.07) is 7.50. The van der Waals surface area contributed by atoms with Crippen LogP contribution >= 0.6 is 11.3 Å². The molecule has 1 heterocycles. The highest BCUT2D eigenvalue weighted by Gasteiger charge is 2.16. The molecule has 0 aliphatic carbocycles. The first kappa shape index (κ1) is 22.3. The fraction of sp³-hybridized carbons (Fsp3) is 0.474. The van der Waals surface area contributed by atoms with Gasteiger partial charge < -0.3 is 10.2 Å². The normalized spacial score (nSPS) is 12.8. The summed E-state index contributed by atoms with van der Waals surface area (Å²) >= 11 is 1.56. The minimum absolute atomic E-state index is 0.0335. The van der Waals surface area contributed by atoms with Crippen LogP contribution in [0.2, 0.25) is 0 Å². The summed E-state index contributed by atoms with van der Waals surface area (Å²) in [6.45, 7) is 7.16. The molecule has 1 aromatic heterocycles. The molecule has 154 valence electrons. The molecule has 0 saturated carbocycles. The molecule has 2 aromatic rings. The van der Waals surface area contributed by atoms with Crippen molar-refractivity contribution in [1.29, 1.82) is 0 Å². The number of aromatic nitrogens is 1. The minimum atomic E-state index is -3.29. The average molecular weight is 426 g/mol. The first-order chi connectivity index (χ1) is 13.1. The van der Waals surface area contributed by atoms with Gasteiger partial charge in [0.25, 0.3) is 5.91 Å². The molecule has 9 heteroatoms. The number of nitrogens with one attached hydrogen (secondary N) is 2. The summed E-state index contributed by atoms with van der Waals surface area (Å²) < 4.78 is 25.1. The zero-order valence-corrected chi connectivity index (χ0v) is 18.7. The van der Waals surface area contributed by atoms with Gasteiger partial charge in [-0.05, 0) is 32.9 Å². The Morgan fingerprint density at radius 1 is 1.29 bits per heavy atom. The second-order valence-electron chi connectivity index (χ2n) is 7.13. The maximum absolute atomic E-state index is 11.9. The zero-order valence-electron chi connectivity index (χ0n) is 17.0. The van der Waals surface area contributed by atoms with Gasteiger partial charge in [-0.2, -0.15) is 0 Å². The molecule has 0 radical (unpaired) electrons. The van der Waals surface area contributed by atoms with E-state index >= 15 is 0 Å². The third kappa shape index (κ3) is 6.29. The first-order valence-electron chi connectivity index (χ1n) is 9.23. The number of nitrogens with zero attached hydrogens (tertiary/aromatic N) is 2. The number of quaternary nitrogens is 1. The molecule has 0 fully saturated rings. The van der Waals surface area contributed by atoms with Crippen molar-refractivity contribution in [2.75, 3.05) is 30.7 Å². The van der Waals surface area contributed by atoms with Gasteiger partial charge in [0, 0.05) is 23.5 Å². The lowest BCUT2D eigenvalue weighted by Gasteiger charge is -2.20. The minimum Gasteiger partial charge on any atom is -0.349 e. The quantitative estimate of drug-likeness (QED) is 0.631. The maximum Gasteiger partial charge on any atom is 0.275 e.